The largest absolute Gasteiger partial charge is 0.369 e. The van der Waals surface area contributed by atoms with E-state index in [-0.39, 0.29) is 5.96 Å². The highest BCUT2D eigenvalue weighted by Crippen LogP contribution is 1.96. The fraction of sp³-hybridized carbons (Fsp3) is 0. The van der Waals surface area contributed by atoms with Gasteiger partial charge in [-0.2, -0.15) is 10.2 Å². The van der Waals surface area contributed by atoms with Gasteiger partial charge in [0.1, 0.15) is 0 Å². The number of nitrogens with one attached hydrogen (secondary N) is 5. The van der Waals surface area contributed by atoms with Gasteiger partial charge >= 0.3 is 0 Å². The molecule has 0 aromatic rings. The monoisotopic (exact) mass is 265 g/mol. The van der Waals surface area contributed by atoms with Gasteiger partial charge in [-0.1, -0.05) is 5.43 Å². The molecule has 0 saturated carbocycles. The molecule has 0 fully saturated rings. The van der Waals surface area contributed by atoms with Crippen molar-refractivity contribution in [3.63, 3.8) is 0 Å². The second kappa shape index (κ2) is 6.48. The maximum Gasteiger partial charge on any atom is 0.271 e. The second-order valence-electron chi connectivity index (χ2n) is 3.12. The quantitative estimate of drug-likeness (QED) is 0.120. The van der Waals surface area contributed by atoms with Crippen LogP contribution in [0.1, 0.15) is 0 Å². The van der Waals surface area contributed by atoms with E-state index in [1.54, 1.807) is 29.7 Å². The van der Waals surface area contributed by atoms with Crippen molar-refractivity contribution in [2.45, 2.75) is 0 Å². The first-order chi connectivity index (χ1) is 8.97. The Kier molecular flexibility index (Phi) is 4.72. The average Bonchev–Trinajstić information content (AvgIpc) is 2.34. The van der Waals surface area contributed by atoms with E-state index in [9.17, 15) is 10.1 Å². The van der Waals surface area contributed by atoms with Crippen LogP contribution in [0.2, 0.25) is 0 Å². The van der Waals surface area contributed by atoms with Crippen LogP contribution in [0.4, 0.5) is 0 Å². The molecule has 0 amide bonds. The lowest BCUT2D eigenvalue weighted by molar-refractivity contribution is -0.525. The number of hydrogen-bond acceptors (Lipinski definition) is 6. The molecule has 0 aromatic carbocycles. The summed E-state index contributed by atoms with van der Waals surface area (Å²) in [5.41, 5.74) is 12.0. The molecule has 19 heavy (non-hydrogen) atoms. The SMILES string of the molecule is N=C(N)NN=C1C=CC(=NNC(=N)N[N+](=O)[O-])C=C1. The van der Waals surface area contributed by atoms with Gasteiger partial charge in [0.2, 0.25) is 5.96 Å². The number of rotatable bonds is 3. The second-order valence-corrected chi connectivity index (χ2v) is 3.12. The minimum absolute atomic E-state index is 0.283. The molecule has 11 nitrogen and oxygen atoms in total. The van der Waals surface area contributed by atoms with Gasteiger partial charge in [0.25, 0.3) is 5.96 Å². The van der Waals surface area contributed by atoms with E-state index < -0.39 is 11.0 Å². The van der Waals surface area contributed by atoms with Crippen LogP contribution in [-0.4, -0.2) is 28.4 Å². The highest BCUT2D eigenvalue weighted by molar-refractivity contribution is 6.18. The van der Waals surface area contributed by atoms with Crippen molar-refractivity contribution in [2.24, 2.45) is 15.9 Å². The van der Waals surface area contributed by atoms with Gasteiger partial charge in [-0.3, -0.25) is 10.8 Å². The summed E-state index contributed by atoms with van der Waals surface area (Å²) in [7, 11) is 0. The van der Waals surface area contributed by atoms with Crippen LogP contribution in [0.3, 0.4) is 0 Å². The lowest BCUT2D eigenvalue weighted by Gasteiger charge is -2.03. The summed E-state index contributed by atoms with van der Waals surface area (Å²) < 4.78 is 0. The van der Waals surface area contributed by atoms with Gasteiger partial charge in [0, 0.05) is 0 Å². The number of allylic oxidation sites excluding steroid dienone is 4. The summed E-state index contributed by atoms with van der Waals surface area (Å²) in [5.74, 6) is -0.841. The fourth-order valence-electron chi connectivity index (χ4n) is 0.963. The van der Waals surface area contributed by atoms with Crippen molar-refractivity contribution in [3.8, 4) is 0 Å². The number of nitro groups is 1. The summed E-state index contributed by atoms with van der Waals surface area (Å²) >= 11 is 0. The van der Waals surface area contributed by atoms with E-state index >= 15 is 0 Å². The zero-order valence-electron chi connectivity index (χ0n) is 9.54. The number of hydrogen-bond donors (Lipinski definition) is 6. The summed E-state index contributed by atoms with van der Waals surface area (Å²) in [6, 6.07) is 0. The van der Waals surface area contributed by atoms with E-state index in [0.717, 1.165) is 0 Å². The van der Waals surface area contributed by atoms with Crippen molar-refractivity contribution in [1.82, 2.24) is 16.3 Å². The number of hydrazone groups is 2. The third kappa shape index (κ3) is 5.58. The van der Waals surface area contributed by atoms with Gasteiger partial charge < -0.3 is 5.73 Å². The molecule has 100 valence electrons. The predicted octanol–water partition coefficient (Wildman–Crippen LogP) is -1.39. The third-order valence-corrected chi connectivity index (χ3v) is 1.66. The van der Waals surface area contributed by atoms with Gasteiger partial charge in [-0.05, 0) is 24.3 Å². The number of nitrogens with two attached hydrogens (primary N) is 1. The van der Waals surface area contributed by atoms with E-state index in [0.29, 0.717) is 11.4 Å². The maximum absolute atomic E-state index is 10.0. The molecule has 1 rings (SSSR count). The Morgan fingerprint density at radius 1 is 1.16 bits per heavy atom. The van der Waals surface area contributed by atoms with E-state index in [4.69, 9.17) is 16.6 Å². The molecule has 1 aliphatic carbocycles. The summed E-state index contributed by atoms with van der Waals surface area (Å²) in [6.07, 6.45) is 6.29. The lowest BCUT2D eigenvalue weighted by Crippen LogP contribution is -2.37. The van der Waals surface area contributed by atoms with Crippen molar-refractivity contribution >= 4 is 23.3 Å². The van der Waals surface area contributed by atoms with Gasteiger partial charge in [-0.15, -0.1) is 0 Å². The van der Waals surface area contributed by atoms with Crippen LogP contribution >= 0.6 is 0 Å². The zero-order valence-corrected chi connectivity index (χ0v) is 9.54. The van der Waals surface area contributed by atoms with Crippen molar-refractivity contribution in [3.05, 3.63) is 34.4 Å². The minimum atomic E-state index is -0.875. The molecule has 0 heterocycles. The zero-order chi connectivity index (χ0) is 14.3. The molecule has 0 atom stereocenters. The predicted molar refractivity (Wildman–Crippen MR) is 69.2 cm³/mol. The lowest BCUT2D eigenvalue weighted by atomic mass is 10.1. The highest BCUT2D eigenvalue weighted by Gasteiger charge is 2.02. The molecular weight excluding hydrogens is 254 g/mol. The van der Waals surface area contributed by atoms with E-state index in [1.165, 1.54) is 0 Å². The van der Waals surface area contributed by atoms with Gasteiger partial charge in [0.15, 0.2) is 5.03 Å². The average molecular weight is 265 g/mol. The van der Waals surface area contributed by atoms with Crippen LogP contribution in [-0.2, 0) is 0 Å². The van der Waals surface area contributed by atoms with Crippen LogP contribution in [0, 0.1) is 20.9 Å². The number of guanidine groups is 2. The summed E-state index contributed by atoms with van der Waals surface area (Å²) in [6.45, 7) is 0. The topological polar surface area (TPSA) is 178 Å². The van der Waals surface area contributed by atoms with E-state index in [1.807, 2.05) is 0 Å². The molecule has 0 aromatic heterocycles. The van der Waals surface area contributed by atoms with Crippen LogP contribution < -0.4 is 22.0 Å². The Bertz CT molecular complexity index is 498. The first-order valence-electron chi connectivity index (χ1n) is 4.84. The van der Waals surface area contributed by atoms with Gasteiger partial charge in [-0.25, -0.2) is 21.0 Å². The Hall–Kier alpha value is -3.24. The third-order valence-electron chi connectivity index (χ3n) is 1.66. The van der Waals surface area contributed by atoms with Crippen LogP contribution in [0.25, 0.3) is 0 Å². The molecule has 0 spiro atoms. The Morgan fingerprint density at radius 2 is 1.63 bits per heavy atom. The van der Waals surface area contributed by atoms with Crippen molar-refractivity contribution < 1.29 is 5.03 Å². The molecule has 11 heteroatoms. The number of hydrazine groups is 1. The first-order valence-corrected chi connectivity index (χ1v) is 4.84. The fourth-order valence-corrected chi connectivity index (χ4v) is 0.963. The molecule has 0 aliphatic heterocycles. The highest BCUT2D eigenvalue weighted by atomic mass is 16.7. The first kappa shape index (κ1) is 13.8. The molecule has 0 radical (unpaired) electrons. The molecular formula is C8H11N9O2. The van der Waals surface area contributed by atoms with Crippen molar-refractivity contribution in [1.29, 1.82) is 10.8 Å². The number of nitrogens with zero attached hydrogens (tertiary/aromatic N) is 3. The van der Waals surface area contributed by atoms with E-state index in [2.05, 4.69) is 21.1 Å². The minimum Gasteiger partial charge on any atom is -0.369 e. The molecule has 0 saturated heterocycles. The molecule has 0 bridgehead atoms. The smallest absolute Gasteiger partial charge is 0.271 e. The summed E-state index contributed by atoms with van der Waals surface area (Å²) in [5, 5.41) is 30.7. The normalized spacial score (nSPS) is 12.6. The van der Waals surface area contributed by atoms with Crippen LogP contribution in [0.5, 0.6) is 0 Å². The molecule has 7 N–H and O–H groups in total. The standard InChI is InChI=1S/C8H11N9O2/c9-7(10)14-12-5-1-3-6(4-2-5)13-15-8(11)16-17(18)19/h1-4H,(H4,9,10,14)(H3,11,15,16). The van der Waals surface area contributed by atoms with Crippen LogP contribution in [0.15, 0.2) is 34.5 Å². The molecule has 1 aliphatic rings. The summed E-state index contributed by atoms with van der Waals surface area (Å²) in [4.78, 5) is 10.0. The Balaban J connectivity index is 2.52. The molecule has 0 unspecified atom stereocenters. The Labute approximate surface area is 107 Å². The Morgan fingerprint density at radius 3 is 2.05 bits per heavy atom. The maximum atomic E-state index is 10.0. The van der Waals surface area contributed by atoms with Crippen molar-refractivity contribution in [2.75, 3.05) is 0 Å². The van der Waals surface area contributed by atoms with Gasteiger partial charge in [0.05, 0.1) is 11.4 Å².